The highest BCUT2D eigenvalue weighted by Crippen LogP contribution is 2.45. The van der Waals surface area contributed by atoms with Crippen LogP contribution in [0.2, 0.25) is 0 Å². The van der Waals surface area contributed by atoms with Gasteiger partial charge in [-0.1, -0.05) is 12.2 Å². The zero-order valence-corrected chi connectivity index (χ0v) is 11.8. The van der Waals surface area contributed by atoms with Gasteiger partial charge in [-0.3, -0.25) is 4.68 Å². The van der Waals surface area contributed by atoms with E-state index in [4.69, 9.17) is 0 Å². The van der Waals surface area contributed by atoms with Crippen molar-refractivity contribution < 1.29 is 0 Å². The minimum Gasteiger partial charge on any atom is -0.379 e. The van der Waals surface area contributed by atoms with Crippen molar-refractivity contribution in [1.82, 2.24) is 9.78 Å². The van der Waals surface area contributed by atoms with Gasteiger partial charge in [0.2, 0.25) is 0 Å². The van der Waals surface area contributed by atoms with Crippen molar-refractivity contribution in [2.24, 2.45) is 24.8 Å². The van der Waals surface area contributed by atoms with Crippen LogP contribution < -0.4 is 5.32 Å². The molecule has 1 N–H and O–H groups in total. The van der Waals surface area contributed by atoms with Gasteiger partial charge in [0.1, 0.15) is 0 Å². The summed E-state index contributed by atoms with van der Waals surface area (Å²) in [5.74, 6) is 2.44. The van der Waals surface area contributed by atoms with E-state index in [1.807, 2.05) is 11.7 Å². The maximum atomic E-state index is 4.48. The fourth-order valence-electron chi connectivity index (χ4n) is 3.72. The number of hydrogen-bond acceptors (Lipinski definition) is 2. The maximum absolute atomic E-state index is 4.48. The molecule has 1 fully saturated rings. The number of aromatic nitrogens is 2. The molecular weight excluding hydrogens is 222 g/mol. The summed E-state index contributed by atoms with van der Waals surface area (Å²) in [6.07, 6.45) is 7.57. The van der Waals surface area contributed by atoms with Crippen LogP contribution >= 0.6 is 0 Å². The minimum absolute atomic E-state index is 0.534. The standard InChI is InChI=1S/C15H23N3/c1-9(14-8-12-5-6-13(14)7-12)16-15-10(2)17-18(4)11(15)3/h5-6,9,12-14,16H,7-8H2,1-4H3. The van der Waals surface area contributed by atoms with E-state index in [0.717, 1.165) is 23.4 Å². The second-order valence-electron chi connectivity index (χ2n) is 6.05. The van der Waals surface area contributed by atoms with Gasteiger partial charge in [-0.05, 0) is 51.4 Å². The lowest BCUT2D eigenvalue weighted by molar-refractivity contribution is 0.399. The third-order valence-corrected chi connectivity index (χ3v) is 4.85. The molecule has 18 heavy (non-hydrogen) atoms. The van der Waals surface area contributed by atoms with Gasteiger partial charge in [-0.15, -0.1) is 0 Å². The molecule has 0 amide bonds. The van der Waals surface area contributed by atoms with Gasteiger partial charge < -0.3 is 5.32 Å². The van der Waals surface area contributed by atoms with E-state index in [1.165, 1.54) is 24.2 Å². The Morgan fingerprint density at radius 2 is 2.11 bits per heavy atom. The van der Waals surface area contributed by atoms with Crippen molar-refractivity contribution in [3.63, 3.8) is 0 Å². The first-order valence-electron chi connectivity index (χ1n) is 7.01. The summed E-state index contributed by atoms with van der Waals surface area (Å²) >= 11 is 0. The quantitative estimate of drug-likeness (QED) is 0.829. The molecule has 3 rings (SSSR count). The monoisotopic (exact) mass is 245 g/mol. The zero-order valence-electron chi connectivity index (χ0n) is 11.8. The number of aryl methyl sites for hydroxylation is 2. The largest absolute Gasteiger partial charge is 0.379 e. The van der Waals surface area contributed by atoms with Crippen LogP contribution in [-0.2, 0) is 7.05 Å². The van der Waals surface area contributed by atoms with Crippen LogP contribution in [0, 0.1) is 31.6 Å². The lowest BCUT2D eigenvalue weighted by atomic mass is 9.87. The topological polar surface area (TPSA) is 29.9 Å². The van der Waals surface area contributed by atoms with E-state index in [1.54, 1.807) is 0 Å². The van der Waals surface area contributed by atoms with Crippen molar-refractivity contribution in [2.45, 2.75) is 39.7 Å². The van der Waals surface area contributed by atoms with E-state index in [0.29, 0.717) is 6.04 Å². The summed E-state index contributed by atoms with van der Waals surface area (Å²) in [5, 5.41) is 8.19. The molecule has 3 heteroatoms. The molecule has 0 saturated heterocycles. The molecule has 2 bridgehead atoms. The second kappa shape index (κ2) is 4.15. The highest BCUT2D eigenvalue weighted by atomic mass is 15.3. The number of hydrogen-bond donors (Lipinski definition) is 1. The van der Waals surface area contributed by atoms with Crippen molar-refractivity contribution in [2.75, 3.05) is 5.32 Å². The third-order valence-electron chi connectivity index (χ3n) is 4.85. The number of nitrogens with one attached hydrogen (secondary N) is 1. The fraction of sp³-hybridized carbons (Fsp3) is 0.667. The van der Waals surface area contributed by atoms with E-state index < -0.39 is 0 Å². The first-order valence-corrected chi connectivity index (χ1v) is 7.01. The number of nitrogens with zero attached hydrogens (tertiary/aromatic N) is 2. The van der Waals surface area contributed by atoms with Gasteiger partial charge in [-0.2, -0.15) is 5.10 Å². The van der Waals surface area contributed by atoms with E-state index in [9.17, 15) is 0 Å². The second-order valence-corrected chi connectivity index (χ2v) is 6.05. The number of rotatable bonds is 3. The number of allylic oxidation sites excluding steroid dienone is 2. The number of anilines is 1. The third kappa shape index (κ3) is 1.76. The van der Waals surface area contributed by atoms with E-state index >= 15 is 0 Å². The average molecular weight is 245 g/mol. The molecular formula is C15H23N3. The molecule has 1 aromatic heterocycles. The Labute approximate surface area is 109 Å². The zero-order chi connectivity index (χ0) is 12.9. The highest BCUT2D eigenvalue weighted by molar-refractivity contribution is 5.52. The molecule has 0 spiro atoms. The summed E-state index contributed by atoms with van der Waals surface area (Å²) in [6, 6.07) is 0.534. The average Bonchev–Trinajstić information content (AvgIpc) is 3.00. The first-order chi connectivity index (χ1) is 8.56. The van der Waals surface area contributed by atoms with Crippen LogP contribution in [0.1, 0.15) is 31.2 Å². The summed E-state index contributed by atoms with van der Waals surface area (Å²) in [5.41, 5.74) is 3.58. The predicted octanol–water partition coefficient (Wildman–Crippen LogP) is 3.05. The molecule has 4 atom stereocenters. The molecule has 2 aliphatic rings. The molecule has 0 aromatic carbocycles. The van der Waals surface area contributed by atoms with E-state index in [-0.39, 0.29) is 0 Å². The van der Waals surface area contributed by atoms with Crippen LogP contribution in [0.4, 0.5) is 5.69 Å². The summed E-state index contributed by atoms with van der Waals surface area (Å²) in [6.45, 7) is 6.55. The predicted molar refractivity (Wildman–Crippen MR) is 74.6 cm³/mol. The normalized spacial score (nSPS) is 31.0. The highest BCUT2D eigenvalue weighted by Gasteiger charge is 2.38. The molecule has 4 unspecified atom stereocenters. The maximum Gasteiger partial charge on any atom is 0.0827 e. The van der Waals surface area contributed by atoms with Crippen molar-refractivity contribution in [3.05, 3.63) is 23.5 Å². The van der Waals surface area contributed by atoms with Crippen molar-refractivity contribution in [1.29, 1.82) is 0 Å². The Balaban J connectivity index is 1.75. The molecule has 1 heterocycles. The van der Waals surface area contributed by atoms with Gasteiger partial charge in [0.25, 0.3) is 0 Å². The van der Waals surface area contributed by atoms with Crippen LogP contribution in [0.25, 0.3) is 0 Å². The lowest BCUT2D eigenvalue weighted by Gasteiger charge is -2.27. The van der Waals surface area contributed by atoms with Gasteiger partial charge in [0, 0.05) is 13.1 Å². The smallest absolute Gasteiger partial charge is 0.0827 e. The minimum atomic E-state index is 0.534. The molecule has 1 saturated carbocycles. The molecule has 3 nitrogen and oxygen atoms in total. The Morgan fingerprint density at radius 3 is 2.61 bits per heavy atom. The summed E-state index contributed by atoms with van der Waals surface area (Å²) in [4.78, 5) is 0. The summed E-state index contributed by atoms with van der Waals surface area (Å²) in [7, 11) is 2.01. The van der Waals surface area contributed by atoms with Crippen LogP contribution in [0.3, 0.4) is 0 Å². The van der Waals surface area contributed by atoms with Crippen LogP contribution in [-0.4, -0.2) is 15.8 Å². The molecule has 98 valence electrons. The summed E-state index contributed by atoms with van der Waals surface area (Å²) < 4.78 is 1.96. The molecule has 0 aliphatic heterocycles. The SMILES string of the molecule is Cc1nn(C)c(C)c1NC(C)C1CC2C=CC1C2. The van der Waals surface area contributed by atoms with Gasteiger partial charge in [0.15, 0.2) is 0 Å². The van der Waals surface area contributed by atoms with Gasteiger partial charge in [0.05, 0.1) is 17.1 Å². The Kier molecular flexibility index (Phi) is 2.72. The van der Waals surface area contributed by atoms with Crippen molar-refractivity contribution in [3.8, 4) is 0 Å². The van der Waals surface area contributed by atoms with Crippen LogP contribution in [0.15, 0.2) is 12.2 Å². The molecule has 0 radical (unpaired) electrons. The Bertz CT molecular complexity index is 486. The number of fused-ring (bicyclic) bond motifs is 2. The molecule has 1 aromatic rings. The van der Waals surface area contributed by atoms with Crippen LogP contribution in [0.5, 0.6) is 0 Å². The Morgan fingerprint density at radius 1 is 1.33 bits per heavy atom. The fourth-order valence-corrected chi connectivity index (χ4v) is 3.72. The van der Waals surface area contributed by atoms with E-state index in [2.05, 4.69) is 43.3 Å². The molecule has 2 aliphatic carbocycles. The Hall–Kier alpha value is -1.25. The lowest BCUT2D eigenvalue weighted by Crippen LogP contribution is -2.29. The van der Waals surface area contributed by atoms with Crippen molar-refractivity contribution >= 4 is 5.69 Å². The van der Waals surface area contributed by atoms with Gasteiger partial charge >= 0.3 is 0 Å². The first kappa shape index (κ1) is 11.8. The van der Waals surface area contributed by atoms with Gasteiger partial charge in [-0.25, -0.2) is 0 Å².